The molecule has 82 valence electrons. The fourth-order valence-electron chi connectivity index (χ4n) is 1.81. The summed E-state index contributed by atoms with van der Waals surface area (Å²) >= 11 is 5.95. The van der Waals surface area contributed by atoms with Gasteiger partial charge >= 0.3 is 0 Å². The Bertz CT molecular complexity index is 335. The van der Waals surface area contributed by atoms with Gasteiger partial charge in [-0.05, 0) is 25.0 Å². The number of hydrogen-bond acceptors (Lipinski definition) is 3. The second-order valence-corrected chi connectivity index (χ2v) is 4.27. The molecule has 1 fully saturated rings. The van der Waals surface area contributed by atoms with Crippen molar-refractivity contribution in [2.24, 2.45) is 0 Å². The molecule has 0 radical (unpaired) electrons. The summed E-state index contributed by atoms with van der Waals surface area (Å²) < 4.78 is 0. The number of para-hydroxylation sites is 1. The zero-order valence-corrected chi connectivity index (χ0v) is 9.43. The van der Waals surface area contributed by atoms with Gasteiger partial charge in [-0.1, -0.05) is 24.1 Å². The van der Waals surface area contributed by atoms with Crippen LogP contribution in [0.4, 0.5) is 11.4 Å². The van der Waals surface area contributed by atoms with Gasteiger partial charge in [0.05, 0.1) is 16.4 Å². The van der Waals surface area contributed by atoms with Crippen molar-refractivity contribution in [1.29, 1.82) is 0 Å². The van der Waals surface area contributed by atoms with E-state index in [4.69, 9.17) is 17.3 Å². The predicted molar refractivity (Wildman–Crippen MR) is 64.9 cm³/mol. The third-order valence-electron chi connectivity index (χ3n) is 2.69. The largest absolute Gasteiger partial charge is 0.396 e. The van der Waals surface area contributed by atoms with Crippen LogP contribution in [0.5, 0.6) is 0 Å². The first-order chi connectivity index (χ1) is 7.27. The summed E-state index contributed by atoms with van der Waals surface area (Å²) in [5.41, 5.74) is 10.7. The number of benzene rings is 1. The molecule has 0 spiro atoms. The van der Waals surface area contributed by atoms with E-state index in [0.29, 0.717) is 10.7 Å². The lowest BCUT2D eigenvalue weighted by Gasteiger charge is -2.28. The van der Waals surface area contributed by atoms with Gasteiger partial charge in [0, 0.05) is 13.1 Å². The molecule has 0 unspecified atom stereocenters. The second-order valence-electron chi connectivity index (χ2n) is 3.86. The average molecular weight is 226 g/mol. The first-order valence-electron chi connectivity index (χ1n) is 5.33. The van der Waals surface area contributed by atoms with Gasteiger partial charge in [-0.15, -0.1) is 0 Å². The zero-order chi connectivity index (χ0) is 10.7. The number of rotatable bonds is 2. The topological polar surface area (TPSA) is 41.3 Å². The van der Waals surface area contributed by atoms with Crippen molar-refractivity contribution in [3.63, 3.8) is 0 Å². The number of nitrogens with zero attached hydrogens (tertiary/aromatic N) is 1. The molecule has 15 heavy (non-hydrogen) atoms. The Balaban J connectivity index is 2.06. The van der Waals surface area contributed by atoms with Crippen molar-refractivity contribution in [2.45, 2.75) is 19.3 Å². The van der Waals surface area contributed by atoms with Crippen molar-refractivity contribution in [3.05, 3.63) is 23.2 Å². The van der Waals surface area contributed by atoms with Crippen LogP contribution in [-0.4, -0.2) is 18.1 Å². The van der Waals surface area contributed by atoms with Crippen LogP contribution in [0, 0.1) is 0 Å². The number of nitrogens with two attached hydrogens (primary N) is 1. The maximum atomic E-state index is 5.95. The van der Waals surface area contributed by atoms with Crippen LogP contribution < -0.4 is 11.2 Å². The summed E-state index contributed by atoms with van der Waals surface area (Å²) in [5.74, 6) is 0. The maximum absolute atomic E-state index is 5.95. The summed E-state index contributed by atoms with van der Waals surface area (Å²) in [6, 6.07) is 5.67. The van der Waals surface area contributed by atoms with E-state index in [-0.39, 0.29) is 0 Å². The lowest BCUT2D eigenvalue weighted by molar-refractivity contribution is 0.273. The molecule has 0 bridgehead atoms. The third-order valence-corrected chi connectivity index (χ3v) is 3.02. The fraction of sp³-hybridized carbons (Fsp3) is 0.455. The van der Waals surface area contributed by atoms with Crippen LogP contribution in [0.1, 0.15) is 19.3 Å². The lowest BCUT2D eigenvalue weighted by Crippen LogP contribution is -2.35. The van der Waals surface area contributed by atoms with Gasteiger partial charge < -0.3 is 11.2 Å². The summed E-state index contributed by atoms with van der Waals surface area (Å²) in [6.45, 7) is 2.15. The van der Waals surface area contributed by atoms with Crippen LogP contribution in [0.3, 0.4) is 0 Å². The van der Waals surface area contributed by atoms with E-state index in [1.807, 2.05) is 12.1 Å². The minimum absolute atomic E-state index is 0.608. The van der Waals surface area contributed by atoms with Crippen molar-refractivity contribution in [1.82, 2.24) is 5.01 Å². The maximum Gasteiger partial charge on any atom is 0.0752 e. The summed E-state index contributed by atoms with van der Waals surface area (Å²) in [7, 11) is 0. The molecule has 1 saturated heterocycles. The quantitative estimate of drug-likeness (QED) is 0.761. The van der Waals surface area contributed by atoms with E-state index < -0.39 is 0 Å². The van der Waals surface area contributed by atoms with Gasteiger partial charge in [0.15, 0.2) is 0 Å². The van der Waals surface area contributed by atoms with E-state index in [1.54, 1.807) is 6.07 Å². The highest BCUT2D eigenvalue weighted by molar-refractivity contribution is 6.33. The number of piperidine rings is 1. The molecule has 0 atom stereocenters. The molecule has 1 aromatic rings. The molecular formula is C11H16ClN3. The molecule has 4 heteroatoms. The summed E-state index contributed by atoms with van der Waals surface area (Å²) in [5, 5.41) is 2.81. The Morgan fingerprint density at radius 2 is 1.93 bits per heavy atom. The average Bonchev–Trinajstić information content (AvgIpc) is 2.26. The van der Waals surface area contributed by atoms with Gasteiger partial charge in [-0.2, -0.15) is 0 Å². The van der Waals surface area contributed by atoms with Crippen LogP contribution in [0.2, 0.25) is 5.02 Å². The monoisotopic (exact) mass is 225 g/mol. The number of hydrazine groups is 1. The van der Waals surface area contributed by atoms with E-state index in [2.05, 4.69) is 10.4 Å². The lowest BCUT2D eigenvalue weighted by atomic mass is 10.2. The van der Waals surface area contributed by atoms with E-state index in [9.17, 15) is 0 Å². The standard InChI is InChI=1S/C11H16ClN3/c12-9-5-4-6-10(11(9)13)14-15-7-2-1-3-8-15/h4-6,14H,1-3,7-8,13H2. The second kappa shape index (κ2) is 4.73. The Labute approximate surface area is 95.2 Å². The number of nitrogen functional groups attached to an aromatic ring is 1. The van der Waals surface area contributed by atoms with Crippen molar-refractivity contribution in [3.8, 4) is 0 Å². The van der Waals surface area contributed by atoms with E-state index in [0.717, 1.165) is 18.8 Å². The molecule has 3 nitrogen and oxygen atoms in total. The molecule has 3 N–H and O–H groups in total. The number of halogens is 1. The van der Waals surface area contributed by atoms with Gasteiger partial charge in [-0.25, -0.2) is 5.01 Å². The molecule has 0 saturated carbocycles. The Morgan fingerprint density at radius 3 is 2.67 bits per heavy atom. The van der Waals surface area contributed by atoms with Crippen LogP contribution in [-0.2, 0) is 0 Å². The van der Waals surface area contributed by atoms with Crippen LogP contribution in [0.25, 0.3) is 0 Å². The zero-order valence-electron chi connectivity index (χ0n) is 8.67. The first kappa shape index (κ1) is 10.6. The van der Waals surface area contributed by atoms with Gasteiger partial charge in [0.1, 0.15) is 0 Å². The van der Waals surface area contributed by atoms with Crippen molar-refractivity contribution in [2.75, 3.05) is 24.2 Å². The van der Waals surface area contributed by atoms with Crippen LogP contribution in [0.15, 0.2) is 18.2 Å². The van der Waals surface area contributed by atoms with Gasteiger partial charge in [0.25, 0.3) is 0 Å². The van der Waals surface area contributed by atoms with Crippen LogP contribution >= 0.6 is 11.6 Å². The smallest absolute Gasteiger partial charge is 0.0752 e. The van der Waals surface area contributed by atoms with E-state index >= 15 is 0 Å². The molecule has 0 aromatic heterocycles. The van der Waals surface area contributed by atoms with E-state index in [1.165, 1.54) is 19.3 Å². The SMILES string of the molecule is Nc1c(Cl)cccc1NN1CCCCC1. The Kier molecular flexibility index (Phi) is 3.34. The van der Waals surface area contributed by atoms with Gasteiger partial charge in [0.2, 0.25) is 0 Å². The molecule has 1 aromatic carbocycles. The summed E-state index contributed by atoms with van der Waals surface area (Å²) in [6.07, 6.45) is 3.81. The third kappa shape index (κ3) is 2.55. The number of hydrogen-bond donors (Lipinski definition) is 2. The molecule has 0 aliphatic carbocycles. The van der Waals surface area contributed by atoms with Crippen molar-refractivity contribution < 1.29 is 0 Å². The molecule has 2 rings (SSSR count). The summed E-state index contributed by atoms with van der Waals surface area (Å²) in [4.78, 5) is 0. The van der Waals surface area contributed by atoms with Gasteiger partial charge in [-0.3, -0.25) is 0 Å². The first-order valence-corrected chi connectivity index (χ1v) is 5.71. The fourth-order valence-corrected chi connectivity index (χ4v) is 1.99. The minimum atomic E-state index is 0.608. The molecule has 1 heterocycles. The highest BCUT2D eigenvalue weighted by Gasteiger charge is 2.11. The minimum Gasteiger partial charge on any atom is -0.396 e. The molecule has 1 aliphatic heterocycles. The Morgan fingerprint density at radius 1 is 1.20 bits per heavy atom. The predicted octanol–water partition coefficient (Wildman–Crippen LogP) is 2.74. The highest BCUT2D eigenvalue weighted by Crippen LogP contribution is 2.27. The molecule has 1 aliphatic rings. The normalized spacial score (nSPS) is 17.7. The number of nitrogens with one attached hydrogen (secondary N) is 1. The molecule has 0 amide bonds. The Hall–Kier alpha value is -0.930. The van der Waals surface area contributed by atoms with Crippen molar-refractivity contribution >= 4 is 23.0 Å². The molecular weight excluding hydrogens is 210 g/mol. The highest BCUT2D eigenvalue weighted by atomic mass is 35.5. The number of anilines is 2.